The number of carboxylic acid groups (broad SMARTS) is 1. The van der Waals surface area contributed by atoms with Gasteiger partial charge in [-0.05, 0) is 24.5 Å². The average molecular weight is 320 g/mol. The van der Waals surface area contributed by atoms with E-state index in [0.29, 0.717) is 22.7 Å². The lowest BCUT2D eigenvalue weighted by Crippen LogP contribution is -2.48. The molecule has 1 spiro atoms. The fourth-order valence-corrected chi connectivity index (χ4v) is 3.09. The first-order valence-corrected chi connectivity index (χ1v) is 7.52. The smallest absolute Gasteiger partial charge is 0.374 e. The van der Waals surface area contributed by atoms with Crippen molar-refractivity contribution in [3.63, 3.8) is 0 Å². The molecule has 1 saturated carbocycles. The summed E-state index contributed by atoms with van der Waals surface area (Å²) >= 11 is 6.25. The number of carbonyl (C=O) groups is 1. The highest BCUT2D eigenvalue weighted by atomic mass is 35.5. The van der Waals surface area contributed by atoms with Crippen molar-refractivity contribution in [2.45, 2.75) is 19.3 Å². The Kier molecular flexibility index (Phi) is 2.91. The standard InChI is InChI=1S/C15H14ClN3O3/c16-13-9(5-10-6-11(14(20)21)22-18-10)1-2-12(17-13)19-7-15(8-19)3-4-15/h1-2,6H,3-5,7-8H2,(H,20,21). The van der Waals surface area contributed by atoms with Crippen molar-refractivity contribution in [1.82, 2.24) is 10.1 Å². The predicted molar refractivity (Wildman–Crippen MR) is 79.4 cm³/mol. The van der Waals surface area contributed by atoms with Gasteiger partial charge in [-0.3, -0.25) is 0 Å². The molecule has 1 aliphatic heterocycles. The number of aromatic nitrogens is 2. The van der Waals surface area contributed by atoms with E-state index in [-0.39, 0.29) is 5.76 Å². The Morgan fingerprint density at radius 1 is 1.41 bits per heavy atom. The lowest BCUT2D eigenvalue weighted by atomic mass is 9.97. The van der Waals surface area contributed by atoms with E-state index in [4.69, 9.17) is 21.2 Å². The molecule has 22 heavy (non-hydrogen) atoms. The van der Waals surface area contributed by atoms with Gasteiger partial charge in [0.15, 0.2) is 0 Å². The molecule has 0 radical (unpaired) electrons. The van der Waals surface area contributed by atoms with E-state index in [0.717, 1.165) is 24.5 Å². The Morgan fingerprint density at radius 3 is 2.77 bits per heavy atom. The van der Waals surface area contributed by atoms with Crippen molar-refractivity contribution < 1.29 is 14.4 Å². The second kappa shape index (κ2) is 4.71. The summed E-state index contributed by atoms with van der Waals surface area (Å²) in [6, 6.07) is 5.27. The molecule has 0 atom stereocenters. The SMILES string of the molecule is O=C(O)c1cc(Cc2ccc(N3CC4(CC4)C3)nc2Cl)no1. The van der Waals surface area contributed by atoms with Gasteiger partial charge in [0.1, 0.15) is 11.0 Å². The molecular formula is C15H14ClN3O3. The Bertz CT molecular complexity index is 746. The largest absolute Gasteiger partial charge is 0.475 e. The monoisotopic (exact) mass is 319 g/mol. The van der Waals surface area contributed by atoms with Gasteiger partial charge < -0.3 is 14.5 Å². The topological polar surface area (TPSA) is 79.5 Å². The molecule has 2 aromatic rings. The fraction of sp³-hybridized carbons (Fsp3) is 0.400. The second-order valence-corrected chi connectivity index (χ2v) is 6.50. The van der Waals surface area contributed by atoms with Crippen LogP contribution in [-0.2, 0) is 6.42 Å². The van der Waals surface area contributed by atoms with Crippen LogP contribution in [0.4, 0.5) is 5.82 Å². The van der Waals surface area contributed by atoms with E-state index in [1.807, 2.05) is 12.1 Å². The molecule has 1 saturated heterocycles. The zero-order chi connectivity index (χ0) is 15.3. The lowest BCUT2D eigenvalue weighted by molar-refractivity contribution is 0.0652. The van der Waals surface area contributed by atoms with E-state index < -0.39 is 5.97 Å². The number of hydrogen-bond donors (Lipinski definition) is 1. The fourth-order valence-electron chi connectivity index (χ4n) is 2.87. The minimum absolute atomic E-state index is 0.175. The third-order valence-electron chi connectivity index (χ3n) is 4.39. The van der Waals surface area contributed by atoms with Crippen LogP contribution in [-0.4, -0.2) is 34.3 Å². The normalized spacial score (nSPS) is 18.3. The van der Waals surface area contributed by atoms with Gasteiger partial charge in [0.05, 0.1) is 5.69 Å². The Hall–Kier alpha value is -2.08. The number of pyridine rings is 1. The van der Waals surface area contributed by atoms with Crippen LogP contribution in [0.5, 0.6) is 0 Å². The van der Waals surface area contributed by atoms with Gasteiger partial charge in [-0.25, -0.2) is 9.78 Å². The van der Waals surface area contributed by atoms with Crippen LogP contribution in [0.1, 0.15) is 34.7 Å². The molecule has 0 amide bonds. The number of aromatic carboxylic acids is 1. The number of halogens is 1. The summed E-state index contributed by atoms with van der Waals surface area (Å²) in [5.41, 5.74) is 1.90. The average Bonchev–Trinajstić information content (AvgIpc) is 3.11. The lowest BCUT2D eigenvalue weighted by Gasteiger charge is -2.41. The van der Waals surface area contributed by atoms with Gasteiger partial charge in [-0.1, -0.05) is 22.8 Å². The highest BCUT2D eigenvalue weighted by Gasteiger charge is 2.52. The summed E-state index contributed by atoms with van der Waals surface area (Å²) < 4.78 is 4.74. The summed E-state index contributed by atoms with van der Waals surface area (Å²) in [6.07, 6.45) is 3.05. The maximum atomic E-state index is 10.8. The van der Waals surface area contributed by atoms with Gasteiger partial charge in [0, 0.05) is 31.0 Å². The quantitative estimate of drug-likeness (QED) is 0.873. The van der Waals surface area contributed by atoms with E-state index in [1.54, 1.807) is 0 Å². The van der Waals surface area contributed by atoms with Crippen molar-refractivity contribution in [2.75, 3.05) is 18.0 Å². The van der Waals surface area contributed by atoms with Crippen molar-refractivity contribution in [3.8, 4) is 0 Å². The first-order chi connectivity index (χ1) is 10.5. The number of carboxylic acids is 1. The Balaban J connectivity index is 1.48. The summed E-state index contributed by atoms with van der Waals surface area (Å²) in [7, 11) is 0. The maximum Gasteiger partial charge on any atom is 0.374 e. The number of hydrogen-bond acceptors (Lipinski definition) is 5. The Labute approximate surface area is 131 Å². The molecule has 0 unspecified atom stereocenters. The molecule has 1 aliphatic carbocycles. The molecule has 2 fully saturated rings. The van der Waals surface area contributed by atoms with Crippen molar-refractivity contribution >= 4 is 23.4 Å². The van der Waals surface area contributed by atoms with E-state index in [2.05, 4.69) is 15.0 Å². The molecule has 6 nitrogen and oxygen atoms in total. The summed E-state index contributed by atoms with van der Waals surface area (Å²) in [6.45, 7) is 2.14. The molecule has 2 aromatic heterocycles. The van der Waals surface area contributed by atoms with Crippen LogP contribution in [0.3, 0.4) is 0 Å². The molecule has 0 bridgehead atoms. The van der Waals surface area contributed by atoms with E-state index in [9.17, 15) is 4.79 Å². The van der Waals surface area contributed by atoms with Crippen LogP contribution < -0.4 is 4.90 Å². The first kappa shape index (κ1) is 13.6. The molecular weight excluding hydrogens is 306 g/mol. The molecule has 3 heterocycles. The third-order valence-corrected chi connectivity index (χ3v) is 4.71. The van der Waals surface area contributed by atoms with Crippen LogP contribution in [0.15, 0.2) is 22.7 Å². The second-order valence-electron chi connectivity index (χ2n) is 6.14. The van der Waals surface area contributed by atoms with Crippen LogP contribution in [0, 0.1) is 5.41 Å². The number of nitrogens with zero attached hydrogens (tertiary/aromatic N) is 3. The van der Waals surface area contributed by atoms with Crippen LogP contribution >= 0.6 is 11.6 Å². The summed E-state index contributed by atoms with van der Waals surface area (Å²) in [4.78, 5) is 17.5. The minimum atomic E-state index is -1.13. The van der Waals surface area contributed by atoms with Crippen molar-refractivity contribution in [3.05, 3.63) is 40.4 Å². The zero-order valence-corrected chi connectivity index (χ0v) is 12.5. The van der Waals surface area contributed by atoms with Crippen molar-refractivity contribution in [2.24, 2.45) is 5.41 Å². The highest BCUT2D eigenvalue weighted by molar-refractivity contribution is 6.30. The third kappa shape index (κ3) is 2.33. The molecule has 7 heteroatoms. The van der Waals surface area contributed by atoms with Gasteiger partial charge >= 0.3 is 5.97 Å². The molecule has 114 valence electrons. The molecule has 1 N–H and O–H groups in total. The molecule has 4 rings (SSSR count). The van der Waals surface area contributed by atoms with E-state index >= 15 is 0 Å². The van der Waals surface area contributed by atoms with E-state index in [1.165, 1.54) is 18.9 Å². The molecule has 2 aliphatic rings. The number of anilines is 1. The maximum absolute atomic E-state index is 10.8. The molecule has 0 aromatic carbocycles. The van der Waals surface area contributed by atoms with Gasteiger partial charge in [0.2, 0.25) is 5.76 Å². The first-order valence-electron chi connectivity index (χ1n) is 7.14. The van der Waals surface area contributed by atoms with Gasteiger partial charge in [-0.2, -0.15) is 0 Å². The highest BCUT2D eigenvalue weighted by Crippen LogP contribution is 2.53. The summed E-state index contributed by atoms with van der Waals surface area (Å²) in [5, 5.41) is 13.0. The van der Waals surface area contributed by atoms with Crippen molar-refractivity contribution in [1.29, 1.82) is 0 Å². The van der Waals surface area contributed by atoms with Gasteiger partial charge in [0.25, 0.3) is 0 Å². The van der Waals surface area contributed by atoms with Crippen LogP contribution in [0.25, 0.3) is 0 Å². The van der Waals surface area contributed by atoms with Gasteiger partial charge in [-0.15, -0.1) is 0 Å². The minimum Gasteiger partial charge on any atom is -0.475 e. The van der Waals surface area contributed by atoms with Crippen LogP contribution in [0.2, 0.25) is 5.15 Å². The predicted octanol–water partition coefficient (Wildman–Crippen LogP) is 2.61. The zero-order valence-electron chi connectivity index (χ0n) is 11.8. The Morgan fingerprint density at radius 2 is 2.18 bits per heavy atom. The summed E-state index contributed by atoms with van der Waals surface area (Å²) in [5.74, 6) is -0.409. The number of rotatable bonds is 4.